The number of benzene rings is 1. The Labute approximate surface area is 84.5 Å². The highest BCUT2D eigenvalue weighted by atomic mass is 16.1. The van der Waals surface area contributed by atoms with Crippen molar-refractivity contribution < 1.29 is 4.79 Å². The second-order valence-electron chi connectivity index (χ2n) is 3.80. The SMILES string of the molecule is CC(=O)C(C)(C)NNc1ccccc1. The van der Waals surface area contributed by atoms with Crippen molar-refractivity contribution >= 4 is 11.5 Å². The molecule has 0 aromatic heterocycles. The summed E-state index contributed by atoms with van der Waals surface area (Å²) in [4.78, 5) is 11.2. The summed E-state index contributed by atoms with van der Waals surface area (Å²) in [5, 5.41) is 0. The molecule has 76 valence electrons. The second-order valence-corrected chi connectivity index (χ2v) is 3.80. The van der Waals surface area contributed by atoms with Gasteiger partial charge in [0.05, 0.1) is 5.54 Å². The molecule has 0 fully saturated rings. The third-order valence-electron chi connectivity index (χ3n) is 2.17. The normalized spacial score (nSPS) is 11.1. The third-order valence-corrected chi connectivity index (χ3v) is 2.17. The van der Waals surface area contributed by atoms with Crippen LogP contribution in [0.5, 0.6) is 0 Å². The molecule has 0 heterocycles. The Bertz CT molecular complexity index is 306. The predicted molar refractivity (Wildman–Crippen MR) is 58.0 cm³/mol. The van der Waals surface area contributed by atoms with Crippen LogP contribution in [0.3, 0.4) is 0 Å². The number of anilines is 1. The van der Waals surface area contributed by atoms with Gasteiger partial charge in [-0.25, -0.2) is 5.43 Å². The highest BCUT2D eigenvalue weighted by molar-refractivity contribution is 5.85. The van der Waals surface area contributed by atoms with E-state index in [1.54, 1.807) is 6.92 Å². The highest BCUT2D eigenvalue weighted by Gasteiger charge is 2.22. The lowest BCUT2D eigenvalue weighted by molar-refractivity contribution is -0.121. The first kappa shape index (κ1) is 10.7. The van der Waals surface area contributed by atoms with Gasteiger partial charge in [-0.1, -0.05) is 18.2 Å². The van der Waals surface area contributed by atoms with Gasteiger partial charge in [-0.2, -0.15) is 0 Å². The van der Waals surface area contributed by atoms with E-state index in [0.29, 0.717) is 0 Å². The van der Waals surface area contributed by atoms with Crippen molar-refractivity contribution in [2.24, 2.45) is 0 Å². The van der Waals surface area contributed by atoms with Gasteiger partial charge < -0.3 is 5.43 Å². The zero-order valence-electron chi connectivity index (χ0n) is 8.79. The molecule has 0 bridgehead atoms. The quantitative estimate of drug-likeness (QED) is 0.717. The van der Waals surface area contributed by atoms with E-state index in [9.17, 15) is 4.79 Å². The number of ketones is 1. The molecule has 0 saturated heterocycles. The Morgan fingerprint density at radius 3 is 2.29 bits per heavy atom. The summed E-state index contributed by atoms with van der Waals surface area (Å²) >= 11 is 0. The minimum atomic E-state index is -0.546. The molecule has 0 saturated carbocycles. The first-order chi connectivity index (χ1) is 6.52. The van der Waals surface area contributed by atoms with Crippen LogP contribution in [0.1, 0.15) is 20.8 Å². The molecule has 0 amide bonds. The summed E-state index contributed by atoms with van der Waals surface area (Å²) in [6.45, 7) is 5.25. The molecule has 0 unspecified atom stereocenters. The summed E-state index contributed by atoms with van der Waals surface area (Å²) < 4.78 is 0. The minimum absolute atomic E-state index is 0.0981. The number of rotatable bonds is 4. The number of nitrogens with one attached hydrogen (secondary N) is 2. The van der Waals surface area contributed by atoms with E-state index >= 15 is 0 Å². The molecule has 2 N–H and O–H groups in total. The summed E-state index contributed by atoms with van der Waals surface area (Å²) in [7, 11) is 0. The Kier molecular flexibility index (Phi) is 3.25. The van der Waals surface area contributed by atoms with E-state index < -0.39 is 5.54 Å². The average molecular weight is 192 g/mol. The molecule has 1 aromatic carbocycles. The van der Waals surface area contributed by atoms with Crippen LogP contribution in [-0.4, -0.2) is 11.3 Å². The number of para-hydroxylation sites is 1. The van der Waals surface area contributed by atoms with Crippen molar-refractivity contribution in [3.63, 3.8) is 0 Å². The van der Waals surface area contributed by atoms with E-state index in [1.807, 2.05) is 44.2 Å². The number of hydrogen-bond acceptors (Lipinski definition) is 3. The lowest BCUT2D eigenvalue weighted by Crippen LogP contribution is -2.48. The van der Waals surface area contributed by atoms with Gasteiger partial charge >= 0.3 is 0 Å². The fraction of sp³-hybridized carbons (Fsp3) is 0.364. The number of hydrogen-bond donors (Lipinski definition) is 2. The molecule has 0 aliphatic heterocycles. The van der Waals surface area contributed by atoms with Gasteiger partial charge in [0.1, 0.15) is 0 Å². The molecule has 0 aliphatic rings. The Morgan fingerprint density at radius 2 is 1.79 bits per heavy atom. The molecule has 0 radical (unpaired) electrons. The van der Waals surface area contributed by atoms with Crippen LogP contribution in [0.2, 0.25) is 0 Å². The molecular formula is C11H16N2O. The van der Waals surface area contributed by atoms with E-state index in [0.717, 1.165) is 5.69 Å². The summed E-state index contributed by atoms with van der Waals surface area (Å²) in [6, 6.07) is 9.68. The van der Waals surface area contributed by atoms with Crippen LogP contribution in [0.15, 0.2) is 30.3 Å². The topological polar surface area (TPSA) is 41.1 Å². The molecule has 3 heteroatoms. The van der Waals surface area contributed by atoms with E-state index in [2.05, 4.69) is 10.9 Å². The van der Waals surface area contributed by atoms with E-state index in [-0.39, 0.29) is 5.78 Å². The van der Waals surface area contributed by atoms with Crippen LogP contribution in [-0.2, 0) is 4.79 Å². The van der Waals surface area contributed by atoms with E-state index in [1.165, 1.54) is 0 Å². The third kappa shape index (κ3) is 2.85. The maximum Gasteiger partial charge on any atom is 0.150 e. The molecule has 0 aliphatic carbocycles. The summed E-state index contributed by atoms with van der Waals surface area (Å²) in [5.74, 6) is 0.0981. The summed E-state index contributed by atoms with van der Waals surface area (Å²) in [5.41, 5.74) is 6.37. The van der Waals surface area contributed by atoms with Crippen LogP contribution in [0.25, 0.3) is 0 Å². The fourth-order valence-corrected chi connectivity index (χ4v) is 0.838. The van der Waals surface area contributed by atoms with Crippen LogP contribution in [0, 0.1) is 0 Å². The number of Topliss-reactive ketones (excluding diaryl/α,β-unsaturated/α-hetero) is 1. The van der Waals surface area contributed by atoms with Crippen molar-refractivity contribution in [1.82, 2.24) is 5.43 Å². The lowest BCUT2D eigenvalue weighted by atomic mass is 10.0. The second kappa shape index (κ2) is 4.24. The van der Waals surface area contributed by atoms with Gasteiger partial charge in [0.25, 0.3) is 0 Å². The van der Waals surface area contributed by atoms with Gasteiger partial charge in [0.2, 0.25) is 0 Å². The Balaban J connectivity index is 2.53. The Hall–Kier alpha value is -1.35. The van der Waals surface area contributed by atoms with Crippen molar-refractivity contribution in [3.05, 3.63) is 30.3 Å². The van der Waals surface area contributed by atoms with Gasteiger partial charge in [-0.3, -0.25) is 4.79 Å². The smallest absolute Gasteiger partial charge is 0.150 e. The zero-order valence-corrected chi connectivity index (χ0v) is 8.79. The molecule has 0 spiro atoms. The van der Waals surface area contributed by atoms with Gasteiger partial charge in [0.15, 0.2) is 5.78 Å². The van der Waals surface area contributed by atoms with E-state index in [4.69, 9.17) is 0 Å². The monoisotopic (exact) mass is 192 g/mol. The molecule has 3 nitrogen and oxygen atoms in total. The molecule has 1 aromatic rings. The van der Waals surface area contributed by atoms with Crippen molar-refractivity contribution in [2.75, 3.05) is 5.43 Å². The van der Waals surface area contributed by atoms with Crippen molar-refractivity contribution in [1.29, 1.82) is 0 Å². The fourth-order valence-electron chi connectivity index (χ4n) is 0.838. The van der Waals surface area contributed by atoms with Gasteiger partial charge in [-0.05, 0) is 32.9 Å². The largest absolute Gasteiger partial charge is 0.321 e. The number of hydrazine groups is 1. The summed E-state index contributed by atoms with van der Waals surface area (Å²) in [6.07, 6.45) is 0. The Morgan fingerprint density at radius 1 is 1.21 bits per heavy atom. The molecular weight excluding hydrogens is 176 g/mol. The highest BCUT2D eigenvalue weighted by Crippen LogP contribution is 2.07. The first-order valence-corrected chi connectivity index (χ1v) is 4.61. The predicted octanol–water partition coefficient (Wildman–Crippen LogP) is 1.97. The average Bonchev–Trinajstić information content (AvgIpc) is 2.16. The molecule has 14 heavy (non-hydrogen) atoms. The van der Waals surface area contributed by atoms with Crippen LogP contribution < -0.4 is 10.9 Å². The number of carbonyl (C=O) groups excluding carboxylic acids is 1. The van der Waals surface area contributed by atoms with Gasteiger partial charge in [0, 0.05) is 5.69 Å². The standard InChI is InChI=1S/C11H16N2O/c1-9(14)11(2,3)13-12-10-7-5-4-6-8-10/h4-8,12-13H,1-3H3. The maximum atomic E-state index is 11.2. The minimum Gasteiger partial charge on any atom is -0.321 e. The zero-order chi connectivity index (χ0) is 10.6. The van der Waals surface area contributed by atoms with Crippen molar-refractivity contribution in [3.8, 4) is 0 Å². The van der Waals surface area contributed by atoms with Crippen LogP contribution in [0.4, 0.5) is 5.69 Å². The van der Waals surface area contributed by atoms with Gasteiger partial charge in [-0.15, -0.1) is 0 Å². The molecule has 0 atom stereocenters. The lowest BCUT2D eigenvalue weighted by Gasteiger charge is -2.23. The number of carbonyl (C=O) groups is 1. The van der Waals surface area contributed by atoms with Crippen molar-refractivity contribution in [2.45, 2.75) is 26.3 Å². The first-order valence-electron chi connectivity index (χ1n) is 4.61. The van der Waals surface area contributed by atoms with Crippen LogP contribution >= 0.6 is 0 Å². The maximum absolute atomic E-state index is 11.2. The molecule has 1 rings (SSSR count).